The topological polar surface area (TPSA) is 69.2 Å². The lowest BCUT2D eigenvalue weighted by atomic mass is 10.2. The monoisotopic (exact) mass is 415 g/mol. The highest BCUT2D eigenvalue weighted by atomic mass is 19.4. The van der Waals surface area contributed by atoms with Gasteiger partial charge in [0.15, 0.2) is 5.96 Å². The molecular weight excluding hydrogens is 387 g/mol. The number of para-hydroxylation sites is 1. The zero-order valence-electron chi connectivity index (χ0n) is 16.8. The van der Waals surface area contributed by atoms with Crippen LogP contribution in [0.4, 0.5) is 13.2 Å². The fourth-order valence-electron chi connectivity index (χ4n) is 2.98. The van der Waals surface area contributed by atoms with Gasteiger partial charge < -0.3 is 20.3 Å². The maximum absolute atomic E-state index is 12.5. The zero-order valence-corrected chi connectivity index (χ0v) is 16.8. The van der Waals surface area contributed by atoms with Crippen LogP contribution < -0.4 is 15.4 Å². The Kier molecular flexibility index (Phi) is 8.56. The van der Waals surface area contributed by atoms with E-state index < -0.39 is 6.36 Å². The van der Waals surface area contributed by atoms with Gasteiger partial charge in [0.1, 0.15) is 5.75 Å². The Bertz CT molecular complexity index is 689. The van der Waals surface area contributed by atoms with Crippen LogP contribution in [0, 0.1) is 0 Å². The number of piperazine rings is 1. The van der Waals surface area contributed by atoms with Gasteiger partial charge in [-0.25, -0.2) is 4.99 Å². The van der Waals surface area contributed by atoms with E-state index in [1.807, 2.05) is 11.8 Å². The fourth-order valence-corrected chi connectivity index (χ4v) is 2.98. The van der Waals surface area contributed by atoms with Gasteiger partial charge in [-0.3, -0.25) is 9.69 Å². The highest BCUT2D eigenvalue weighted by molar-refractivity contribution is 5.79. The predicted octanol–water partition coefficient (Wildman–Crippen LogP) is 1.80. The Balaban J connectivity index is 1.87. The van der Waals surface area contributed by atoms with Crippen molar-refractivity contribution in [1.82, 2.24) is 20.4 Å². The Morgan fingerprint density at radius 1 is 1.17 bits per heavy atom. The molecule has 0 atom stereocenters. The first-order chi connectivity index (χ1) is 13.8. The number of hydrogen-bond donors (Lipinski definition) is 2. The summed E-state index contributed by atoms with van der Waals surface area (Å²) < 4.78 is 41.7. The zero-order chi connectivity index (χ0) is 21.3. The van der Waals surface area contributed by atoms with E-state index in [0.29, 0.717) is 24.6 Å². The molecule has 1 aromatic carbocycles. The minimum Gasteiger partial charge on any atom is -0.405 e. The van der Waals surface area contributed by atoms with E-state index in [4.69, 9.17) is 0 Å². The van der Waals surface area contributed by atoms with Crippen molar-refractivity contribution < 1.29 is 22.7 Å². The summed E-state index contributed by atoms with van der Waals surface area (Å²) in [4.78, 5) is 19.8. The smallest absolute Gasteiger partial charge is 0.405 e. The summed E-state index contributed by atoms with van der Waals surface area (Å²) in [5.74, 6) is 0.374. The number of amides is 1. The number of aliphatic imine (C=N–C) groups is 1. The number of nitrogens with zero attached hydrogens (tertiary/aromatic N) is 3. The first-order valence-corrected chi connectivity index (χ1v) is 9.62. The summed E-state index contributed by atoms with van der Waals surface area (Å²) in [6.45, 7) is 8.67. The van der Waals surface area contributed by atoms with Crippen LogP contribution >= 0.6 is 0 Å². The normalized spacial score (nSPS) is 15.9. The van der Waals surface area contributed by atoms with E-state index in [9.17, 15) is 18.0 Å². The minimum atomic E-state index is -4.74. The quantitative estimate of drug-likeness (QED) is 0.525. The maximum Gasteiger partial charge on any atom is 0.573 e. The molecule has 0 aliphatic carbocycles. The Hall–Kier alpha value is -2.49. The van der Waals surface area contributed by atoms with Crippen LogP contribution in [0.25, 0.3) is 0 Å². The molecular formula is C19H28F3N5O2. The van der Waals surface area contributed by atoms with Gasteiger partial charge in [0, 0.05) is 58.3 Å². The molecule has 1 heterocycles. The van der Waals surface area contributed by atoms with Crippen molar-refractivity contribution in [3.05, 3.63) is 29.8 Å². The molecule has 0 radical (unpaired) electrons. The molecule has 1 fully saturated rings. The van der Waals surface area contributed by atoms with E-state index in [1.54, 1.807) is 19.1 Å². The van der Waals surface area contributed by atoms with Crippen LogP contribution in [-0.4, -0.2) is 73.8 Å². The Morgan fingerprint density at radius 2 is 1.86 bits per heavy atom. The third kappa shape index (κ3) is 8.18. The molecule has 1 aliphatic heterocycles. The Morgan fingerprint density at radius 3 is 2.48 bits per heavy atom. The first kappa shape index (κ1) is 22.8. The van der Waals surface area contributed by atoms with Gasteiger partial charge in [0.2, 0.25) is 5.91 Å². The van der Waals surface area contributed by atoms with Crippen molar-refractivity contribution in [1.29, 1.82) is 0 Å². The lowest BCUT2D eigenvalue weighted by molar-refractivity contribution is -0.274. The van der Waals surface area contributed by atoms with E-state index in [1.165, 1.54) is 12.1 Å². The molecule has 0 aromatic heterocycles. The molecule has 1 amide bonds. The van der Waals surface area contributed by atoms with Gasteiger partial charge in [-0.1, -0.05) is 18.2 Å². The second kappa shape index (κ2) is 10.9. The van der Waals surface area contributed by atoms with Crippen molar-refractivity contribution in [3.63, 3.8) is 0 Å². The minimum absolute atomic E-state index is 0.0544. The van der Waals surface area contributed by atoms with E-state index in [-0.39, 0.29) is 18.2 Å². The highest BCUT2D eigenvalue weighted by Crippen LogP contribution is 2.26. The lowest BCUT2D eigenvalue weighted by Gasteiger charge is -2.34. The molecule has 29 heavy (non-hydrogen) atoms. The average molecular weight is 415 g/mol. The number of alkyl halides is 3. The van der Waals surface area contributed by atoms with Crippen LogP contribution in [0.1, 0.15) is 19.4 Å². The molecule has 0 unspecified atom stereocenters. The van der Waals surface area contributed by atoms with Crippen molar-refractivity contribution in [2.45, 2.75) is 26.8 Å². The number of carbonyl (C=O) groups is 1. The third-order valence-corrected chi connectivity index (χ3v) is 4.49. The molecule has 10 heteroatoms. The number of halogens is 3. The van der Waals surface area contributed by atoms with Crippen LogP contribution in [0.3, 0.4) is 0 Å². The molecule has 7 nitrogen and oxygen atoms in total. The average Bonchev–Trinajstić information content (AvgIpc) is 2.66. The maximum atomic E-state index is 12.5. The molecule has 2 rings (SSSR count). The van der Waals surface area contributed by atoms with Gasteiger partial charge in [0.25, 0.3) is 0 Å². The number of nitrogens with one attached hydrogen (secondary N) is 2. The van der Waals surface area contributed by atoms with E-state index in [0.717, 1.165) is 32.7 Å². The SMILES string of the molecule is CCNC(=NCc1ccccc1OC(F)(F)F)NCCN1CCN(C(C)=O)CC1. The van der Waals surface area contributed by atoms with Crippen molar-refractivity contribution in [2.75, 3.05) is 45.8 Å². The summed E-state index contributed by atoms with van der Waals surface area (Å²) in [6, 6.07) is 5.97. The number of ether oxygens (including phenoxy) is 1. The number of benzene rings is 1. The van der Waals surface area contributed by atoms with Gasteiger partial charge in [-0.2, -0.15) is 0 Å². The summed E-state index contributed by atoms with van der Waals surface area (Å²) >= 11 is 0. The summed E-state index contributed by atoms with van der Waals surface area (Å²) in [7, 11) is 0. The molecule has 0 bridgehead atoms. The highest BCUT2D eigenvalue weighted by Gasteiger charge is 2.31. The van der Waals surface area contributed by atoms with Gasteiger partial charge in [-0.15, -0.1) is 13.2 Å². The standard InChI is InChI=1S/C19H28F3N5O2/c1-3-23-18(24-8-9-26-10-12-27(13-11-26)15(2)28)25-14-16-6-4-5-7-17(16)29-19(20,21)22/h4-7H,3,8-14H2,1-2H3,(H2,23,24,25). The lowest BCUT2D eigenvalue weighted by Crippen LogP contribution is -2.50. The van der Waals surface area contributed by atoms with E-state index in [2.05, 4.69) is 25.3 Å². The number of guanidine groups is 1. The van der Waals surface area contributed by atoms with Crippen molar-refractivity contribution >= 4 is 11.9 Å². The summed E-state index contributed by atoms with van der Waals surface area (Å²) in [5.41, 5.74) is 0.349. The van der Waals surface area contributed by atoms with Crippen LogP contribution in [-0.2, 0) is 11.3 Å². The predicted molar refractivity (Wildman–Crippen MR) is 105 cm³/mol. The molecule has 0 saturated carbocycles. The first-order valence-electron chi connectivity index (χ1n) is 9.62. The van der Waals surface area contributed by atoms with Crippen LogP contribution in [0.15, 0.2) is 29.3 Å². The van der Waals surface area contributed by atoms with Gasteiger partial charge in [-0.05, 0) is 13.0 Å². The van der Waals surface area contributed by atoms with Gasteiger partial charge in [0.05, 0.1) is 6.54 Å². The van der Waals surface area contributed by atoms with Gasteiger partial charge >= 0.3 is 6.36 Å². The van der Waals surface area contributed by atoms with Crippen LogP contribution in [0.2, 0.25) is 0 Å². The molecule has 2 N–H and O–H groups in total. The van der Waals surface area contributed by atoms with Crippen molar-refractivity contribution in [3.8, 4) is 5.75 Å². The fraction of sp³-hybridized carbons (Fsp3) is 0.579. The number of rotatable bonds is 7. The Labute approximate surface area is 168 Å². The van der Waals surface area contributed by atoms with Crippen LogP contribution in [0.5, 0.6) is 5.75 Å². The van der Waals surface area contributed by atoms with E-state index >= 15 is 0 Å². The molecule has 1 saturated heterocycles. The molecule has 0 spiro atoms. The summed E-state index contributed by atoms with van der Waals surface area (Å²) in [5, 5.41) is 6.28. The summed E-state index contributed by atoms with van der Waals surface area (Å²) in [6.07, 6.45) is -4.74. The largest absolute Gasteiger partial charge is 0.573 e. The second-order valence-electron chi connectivity index (χ2n) is 6.63. The second-order valence-corrected chi connectivity index (χ2v) is 6.63. The molecule has 1 aromatic rings. The number of carbonyl (C=O) groups excluding carboxylic acids is 1. The number of hydrogen-bond acceptors (Lipinski definition) is 4. The molecule has 1 aliphatic rings. The third-order valence-electron chi connectivity index (χ3n) is 4.49. The van der Waals surface area contributed by atoms with Crippen molar-refractivity contribution in [2.24, 2.45) is 4.99 Å². The molecule has 162 valence electrons.